The first-order valence-corrected chi connectivity index (χ1v) is 6.17. The number of aryl methyl sites for hydroxylation is 2. The average Bonchev–Trinajstić information content (AvgIpc) is 2.81. The highest BCUT2D eigenvalue weighted by Gasteiger charge is 2.11. The van der Waals surface area contributed by atoms with Crippen molar-refractivity contribution in [2.45, 2.75) is 26.7 Å². The summed E-state index contributed by atoms with van der Waals surface area (Å²) in [6.45, 7) is 3.84. The zero-order chi connectivity index (χ0) is 13.8. The maximum Gasteiger partial charge on any atom is 0.230 e. The number of anilines is 1. The Morgan fingerprint density at radius 1 is 1.42 bits per heavy atom. The summed E-state index contributed by atoms with van der Waals surface area (Å²) >= 11 is 0. The SMILES string of the molecule is CCc1cn[nH]c1NC(=O)Cc1cc(C)ccc1F. The first kappa shape index (κ1) is 13.3. The van der Waals surface area contributed by atoms with Crippen molar-refractivity contribution in [3.8, 4) is 0 Å². The van der Waals surface area contributed by atoms with E-state index in [-0.39, 0.29) is 18.1 Å². The highest BCUT2D eigenvalue weighted by atomic mass is 19.1. The van der Waals surface area contributed by atoms with Gasteiger partial charge in [-0.05, 0) is 25.0 Å². The van der Waals surface area contributed by atoms with Gasteiger partial charge < -0.3 is 5.32 Å². The predicted octanol–water partition coefficient (Wildman–Crippen LogP) is 2.60. The molecule has 0 aliphatic heterocycles. The number of hydrogen-bond donors (Lipinski definition) is 2. The number of rotatable bonds is 4. The number of aromatic nitrogens is 2. The van der Waals surface area contributed by atoms with Crippen molar-refractivity contribution in [2.75, 3.05) is 5.32 Å². The summed E-state index contributed by atoms with van der Waals surface area (Å²) in [6, 6.07) is 4.75. The lowest BCUT2D eigenvalue weighted by Gasteiger charge is -2.06. The van der Waals surface area contributed by atoms with E-state index < -0.39 is 0 Å². The summed E-state index contributed by atoms with van der Waals surface area (Å²) in [7, 11) is 0. The van der Waals surface area contributed by atoms with Crippen molar-refractivity contribution in [3.63, 3.8) is 0 Å². The lowest BCUT2D eigenvalue weighted by atomic mass is 10.1. The van der Waals surface area contributed by atoms with Gasteiger partial charge in [-0.15, -0.1) is 0 Å². The number of nitrogens with zero attached hydrogens (tertiary/aromatic N) is 1. The molecule has 0 bridgehead atoms. The smallest absolute Gasteiger partial charge is 0.230 e. The number of carbonyl (C=O) groups is 1. The number of halogens is 1. The van der Waals surface area contributed by atoms with Crippen molar-refractivity contribution in [3.05, 3.63) is 46.9 Å². The van der Waals surface area contributed by atoms with Crippen molar-refractivity contribution in [2.24, 2.45) is 0 Å². The molecule has 0 aliphatic carbocycles. The molecule has 19 heavy (non-hydrogen) atoms. The van der Waals surface area contributed by atoms with Gasteiger partial charge in [-0.25, -0.2) is 4.39 Å². The molecule has 2 N–H and O–H groups in total. The van der Waals surface area contributed by atoms with Crippen LogP contribution in [0.25, 0.3) is 0 Å². The first-order chi connectivity index (χ1) is 9.10. The normalized spacial score (nSPS) is 10.5. The van der Waals surface area contributed by atoms with Gasteiger partial charge in [-0.3, -0.25) is 9.89 Å². The van der Waals surface area contributed by atoms with Gasteiger partial charge >= 0.3 is 0 Å². The molecule has 1 aromatic heterocycles. The second kappa shape index (κ2) is 5.65. The largest absolute Gasteiger partial charge is 0.311 e. The second-order valence-electron chi connectivity index (χ2n) is 4.44. The Morgan fingerprint density at radius 2 is 2.21 bits per heavy atom. The lowest BCUT2D eigenvalue weighted by Crippen LogP contribution is -2.16. The number of benzene rings is 1. The molecule has 0 fully saturated rings. The Kier molecular flexibility index (Phi) is 3.94. The maximum absolute atomic E-state index is 13.6. The summed E-state index contributed by atoms with van der Waals surface area (Å²) in [5.41, 5.74) is 2.26. The van der Waals surface area contributed by atoms with Crippen LogP contribution in [0.15, 0.2) is 24.4 Å². The van der Waals surface area contributed by atoms with Gasteiger partial charge in [0.05, 0.1) is 12.6 Å². The molecule has 1 heterocycles. The second-order valence-corrected chi connectivity index (χ2v) is 4.44. The van der Waals surface area contributed by atoms with Crippen LogP contribution in [0.4, 0.5) is 10.2 Å². The van der Waals surface area contributed by atoms with Crippen LogP contribution in [0.3, 0.4) is 0 Å². The molecule has 1 aromatic carbocycles. The zero-order valence-electron chi connectivity index (χ0n) is 11.0. The van der Waals surface area contributed by atoms with Gasteiger partial charge in [0.25, 0.3) is 0 Å². The van der Waals surface area contributed by atoms with Crippen LogP contribution in [0.2, 0.25) is 0 Å². The molecule has 2 rings (SSSR count). The molecule has 0 unspecified atom stereocenters. The van der Waals surface area contributed by atoms with E-state index in [1.54, 1.807) is 18.3 Å². The summed E-state index contributed by atoms with van der Waals surface area (Å²) in [5.74, 6) is -0.0370. The van der Waals surface area contributed by atoms with E-state index in [0.717, 1.165) is 17.5 Å². The number of nitrogens with one attached hydrogen (secondary N) is 2. The number of H-pyrrole nitrogens is 1. The van der Waals surface area contributed by atoms with E-state index in [1.165, 1.54) is 6.07 Å². The van der Waals surface area contributed by atoms with E-state index in [9.17, 15) is 9.18 Å². The molecule has 100 valence electrons. The number of aromatic amines is 1. The molecule has 0 spiro atoms. The molecule has 2 aromatic rings. The quantitative estimate of drug-likeness (QED) is 0.888. The molecule has 0 saturated heterocycles. The van der Waals surface area contributed by atoms with Crippen LogP contribution in [0.1, 0.15) is 23.6 Å². The fraction of sp³-hybridized carbons (Fsp3) is 0.286. The van der Waals surface area contributed by atoms with Crippen LogP contribution in [-0.2, 0) is 17.6 Å². The minimum absolute atomic E-state index is 0.00961. The molecule has 0 aliphatic rings. The van der Waals surface area contributed by atoms with Crippen LogP contribution >= 0.6 is 0 Å². The van der Waals surface area contributed by atoms with Gasteiger partial charge in [-0.2, -0.15) is 5.10 Å². The molecular formula is C14H16FN3O. The fourth-order valence-corrected chi connectivity index (χ4v) is 1.88. The molecule has 0 atom stereocenters. The fourth-order valence-electron chi connectivity index (χ4n) is 1.88. The predicted molar refractivity (Wildman–Crippen MR) is 71.4 cm³/mol. The standard InChI is InChI=1S/C14H16FN3O/c1-3-10-8-16-18-14(10)17-13(19)7-11-6-9(2)4-5-12(11)15/h4-6,8H,3,7H2,1-2H3,(H2,16,17,18,19). The van der Waals surface area contributed by atoms with E-state index in [2.05, 4.69) is 15.5 Å². The topological polar surface area (TPSA) is 57.8 Å². The molecule has 0 radical (unpaired) electrons. The Balaban J connectivity index is 2.07. The highest BCUT2D eigenvalue weighted by molar-refractivity contribution is 5.92. The summed E-state index contributed by atoms with van der Waals surface area (Å²) in [5, 5.41) is 9.31. The monoisotopic (exact) mass is 261 g/mol. The highest BCUT2D eigenvalue weighted by Crippen LogP contribution is 2.14. The number of hydrogen-bond acceptors (Lipinski definition) is 2. The Hall–Kier alpha value is -2.17. The van der Waals surface area contributed by atoms with Gasteiger partial charge in [0.15, 0.2) is 0 Å². The van der Waals surface area contributed by atoms with E-state index >= 15 is 0 Å². The summed E-state index contributed by atoms with van der Waals surface area (Å²) < 4.78 is 13.6. The van der Waals surface area contributed by atoms with Gasteiger partial charge in [0.2, 0.25) is 5.91 Å². The molecule has 1 amide bonds. The zero-order valence-corrected chi connectivity index (χ0v) is 11.0. The lowest BCUT2D eigenvalue weighted by molar-refractivity contribution is -0.115. The van der Waals surface area contributed by atoms with E-state index in [1.807, 2.05) is 13.8 Å². The van der Waals surface area contributed by atoms with E-state index in [4.69, 9.17) is 0 Å². The molecule has 5 heteroatoms. The first-order valence-electron chi connectivity index (χ1n) is 6.17. The van der Waals surface area contributed by atoms with Crippen molar-refractivity contribution in [1.29, 1.82) is 0 Å². The van der Waals surface area contributed by atoms with Crippen LogP contribution in [0.5, 0.6) is 0 Å². The van der Waals surface area contributed by atoms with E-state index in [0.29, 0.717) is 11.4 Å². The van der Waals surface area contributed by atoms with Crippen molar-refractivity contribution < 1.29 is 9.18 Å². The third kappa shape index (κ3) is 3.19. The number of amides is 1. The third-order valence-electron chi connectivity index (χ3n) is 2.92. The summed E-state index contributed by atoms with van der Waals surface area (Å²) in [4.78, 5) is 11.9. The Labute approximate surface area is 111 Å². The Bertz CT molecular complexity index is 592. The van der Waals surface area contributed by atoms with Crippen LogP contribution < -0.4 is 5.32 Å². The Morgan fingerprint density at radius 3 is 2.95 bits per heavy atom. The van der Waals surface area contributed by atoms with Crippen molar-refractivity contribution in [1.82, 2.24) is 10.2 Å². The molecule has 0 saturated carbocycles. The maximum atomic E-state index is 13.6. The minimum Gasteiger partial charge on any atom is -0.311 e. The van der Waals surface area contributed by atoms with Crippen LogP contribution in [-0.4, -0.2) is 16.1 Å². The minimum atomic E-state index is -0.360. The van der Waals surface area contributed by atoms with Crippen molar-refractivity contribution >= 4 is 11.7 Å². The molecule has 4 nitrogen and oxygen atoms in total. The van der Waals surface area contributed by atoms with Crippen LogP contribution in [0, 0.1) is 12.7 Å². The molecular weight excluding hydrogens is 245 g/mol. The van der Waals surface area contributed by atoms with Gasteiger partial charge in [-0.1, -0.05) is 24.6 Å². The average molecular weight is 261 g/mol. The third-order valence-corrected chi connectivity index (χ3v) is 2.92. The number of carbonyl (C=O) groups excluding carboxylic acids is 1. The van der Waals surface area contributed by atoms with Gasteiger partial charge in [0, 0.05) is 5.56 Å². The summed E-state index contributed by atoms with van der Waals surface area (Å²) in [6.07, 6.45) is 2.45. The van der Waals surface area contributed by atoms with Gasteiger partial charge in [0.1, 0.15) is 11.6 Å².